The summed E-state index contributed by atoms with van der Waals surface area (Å²) in [5.41, 5.74) is 0. The summed E-state index contributed by atoms with van der Waals surface area (Å²) in [6.07, 6.45) is 9.45. The number of aryl methyl sites for hydroxylation is 1. The van der Waals surface area contributed by atoms with Gasteiger partial charge < -0.3 is 9.67 Å². The average Bonchev–Trinajstić information content (AvgIpc) is 2.74. The van der Waals surface area contributed by atoms with Crippen LogP contribution in [0.2, 0.25) is 0 Å². The highest BCUT2D eigenvalue weighted by Crippen LogP contribution is 2.39. The van der Waals surface area contributed by atoms with Crippen molar-refractivity contribution in [3.8, 4) is 0 Å². The van der Waals surface area contributed by atoms with Crippen LogP contribution in [0.4, 0.5) is 0 Å². The van der Waals surface area contributed by atoms with Crippen molar-refractivity contribution in [3.05, 3.63) is 18.2 Å². The van der Waals surface area contributed by atoms with E-state index in [0.717, 1.165) is 12.2 Å². The van der Waals surface area contributed by atoms with Gasteiger partial charge in [-0.2, -0.15) is 0 Å². The van der Waals surface area contributed by atoms with Gasteiger partial charge in [0.2, 0.25) is 0 Å². The molecule has 0 aliphatic heterocycles. The van der Waals surface area contributed by atoms with E-state index in [0.29, 0.717) is 11.8 Å². The molecule has 0 bridgehead atoms. The zero-order chi connectivity index (χ0) is 11.5. The van der Waals surface area contributed by atoms with E-state index in [1.165, 1.54) is 25.7 Å². The van der Waals surface area contributed by atoms with E-state index >= 15 is 0 Å². The Kier molecular flexibility index (Phi) is 3.64. The Morgan fingerprint density at radius 3 is 2.88 bits per heavy atom. The summed E-state index contributed by atoms with van der Waals surface area (Å²) in [7, 11) is 1.95. The van der Waals surface area contributed by atoms with Gasteiger partial charge in [-0.05, 0) is 18.3 Å². The average molecular weight is 222 g/mol. The summed E-state index contributed by atoms with van der Waals surface area (Å²) < 4.78 is 1.94. The Hall–Kier alpha value is -0.830. The molecule has 1 heterocycles. The predicted molar refractivity (Wildman–Crippen MR) is 63.9 cm³/mol. The Bertz CT molecular complexity index is 334. The van der Waals surface area contributed by atoms with Crippen molar-refractivity contribution < 1.29 is 5.11 Å². The first kappa shape index (κ1) is 11.6. The molecular weight excluding hydrogens is 200 g/mol. The number of aliphatic hydroxyl groups excluding tert-OH is 1. The molecule has 16 heavy (non-hydrogen) atoms. The van der Waals surface area contributed by atoms with E-state index in [1.807, 2.05) is 17.8 Å². The second-order valence-electron chi connectivity index (χ2n) is 4.96. The second-order valence-corrected chi connectivity index (χ2v) is 4.96. The lowest BCUT2D eigenvalue weighted by Gasteiger charge is -2.33. The molecule has 1 aromatic heterocycles. The zero-order valence-corrected chi connectivity index (χ0v) is 10.3. The van der Waals surface area contributed by atoms with Gasteiger partial charge in [0.15, 0.2) is 0 Å². The molecule has 0 aromatic carbocycles. The number of nitrogens with zero attached hydrogens (tertiary/aromatic N) is 2. The number of hydrogen-bond acceptors (Lipinski definition) is 2. The summed E-state index contributed by atoms with van der Waals surface area (Å²) in [5, 5.41) is 10.4. The van der Waals surface area contributed by atoms with Crippen LogP contribution in [-0.2, 0) is 7.05 Å². The SMILES string of the molecule is CCC1CCCCC1C(O)c1nccn1C. The van der Waals surface area contributed by atoms with E-state index in [2.05, 4.69) is 11.9 Å². The van der Waals surface area contributed by atoms with E-state index in [9.17, 15) is 5.11 Å². The number of aromatic nitrogens is 2. The van der Waals surface area contributed by atoms with E-state index in [1.54, 1.807) is 6.20 Å². The highest BCUT2D eigenvalue weighted by Gasteiger charge is 2.32. The summed E-state index contributed by atoms with van der Waals surface area (Å²) in [6.45, 7) is 2.23. The van der Waals surface area contributed by atoms with Gasteiger partial charge in [-0.25, -0.2) is 4.98 Å². The van der Waals surface area contributed by atoms with Crippen LogP contribution in [0.25, 0.3) is 0 Å². The van der Waals surface area contributed by atoms with Crippen LogP contribution in [0.15, 0.2) is 12.4 Å². The maximum Gasteiger partial charge on any atom is 0.137 e. The van der Waals surface area contributed by atoms with Crippen LogP contribution in [0.3, 0.4) is 0 Å². The molecule has 3 unspecified atom stereocenters. The maximum absolute atomic E-state index is 10.4. The van der Waals surface area contributed by atoms with Crippen LogP contribution in [0.1, 0.15) is 51.0 Å². The minimum atomic E-state index is -0.384. The molecule has 0 spiro atoms. The van der Waals surface area contributed by atoms with Gasteiger partial charge in [0, 0.05) is 19.4 Å². The second kappa shape index (κ2) is 5.00. The normalized spacial score (nSPS) is 27.9. The van der Waals surface area contributed by atoms with Crippen LogP contribution in [0, 0.1) is 11.8 Å². The molecule has 1 saturated carbocycles. The summed E-state index contributed by atoms with van der Waals surface area (Å²) >= 11 is 0. The smallest absolute Gasteiger partial charge is 0.137 e. The van der Waals surface area contributed by atoms with Gasteiger partial charge in [-0.15, -0.1) is 0 Å². The van der Waals surface area contributed by atoms with Crippen LogP contribution in [0.5, 0.6) is 0 Å². The fourth-order valence-corrected chi connectivity index (χ4v) is 3.01. The topological polar surface area (TPSA) is 38.1 Å². The molecule has 1 aliphatic rings. The fourth-order valence-electron chi connectivity index (χ4n) is 3.01. The Morgan fingerprint density at radius 2 is 2.25 bits per heavy atom. The first-order chi connectivity index (χ1) is 7.74. The monoisotopic (exact) mass is 222 g/mol. The Labute approximate surface area is 97.5 Å². The number of aliphatic hydroxyl groups is 1. The molecule has 1 N–H and O–H groups in total. The molecule has 3 heteroatoms. The van der Waals surface area contributed by atoms with E-state index in [4.69, 9.17) is 0 Å². The van der Waals surface area contributed by atoms with Crippen molar-refractivity contribution in [1.29, 1.82) is 0 Å². The van der Waals surface area contributed by atoms with Gasteiger partial charge >= 0.3 is 0 Å². The molecule has 1 fully saturated rings. The highest BCUT2D eigenvalue weighted by atomic mass is 16.3. The minimum absolute atomic E-state index is 0.384. The van der Waals surface area contributed by atoms with Gasteiger partial charge in [0.25, 0.3) is 0 Å². The maximum atomic E-state index is 10.4. The van der Waals surface area contributed by atoms with Crippen molar-refractivity contribution in [2.45, 2.75) is 45.1 Å². The number of rotatable bonds is 3. The quantitative estimate of drug-likeness (QED) is 0.853. The number of hydrogen-bond donors (Lipinski definition) is 1. The molecule has 0 radical (unpaired) electrons. The summed E-state index contributed by atoms with van der Waals surface area (Å²) in [5.74, 6) is 1.89. The predicted octanol–water partition coefficient (Wildman–Crippen LogP) is 2.67. The van der Waals surface area contributed by atoms with Crippen molar-refractivity contribution >= 4 is 0 Å². The Morgan fingerprint density at radius 1 is 1.50 bits per heavy atom. The Balaban J connectivity index is 2.13. The van der Waals surface area contributed by atoms with Gasteiger partial charge in [-0.1, -0.05) is 32.6 Å². The summed E-state index contributed by atoms with van der Waals surface area (Å²) in [4.78, 5) is 4.27. The lowest BCUT2D eigenvalue weighted by molar-refractivity contribution is 0.0371. The first-order valence-electron chi connectivity index (χ1n) is 6.39. The standard InChI is InChI=1S/C13H22N2O/c1-3-10-6-4-5-7-11(10)12(16)13-14-8-9-15(13)2/h8-12,16H,3-7H2,1-2H3. The minimum Gasteiger partial charge on any atom is -0.385 e. The van der Waals surface area contributed by atoms with Crippen molar-refractivity contribution in [2.75, 3.05) is 0 Å². The molecule has 90 valence electrons. The molecule has 2 rings (SSSR count). The largest absolute Gasteiger partial charge is 0.385 e. The van der Waals surface area contributed by atoms with Crippen molar-refractivity contribution in [3.63, 3.8) is 0 Å². The van der Waals surface area contributed by atoms with Gasteiger partial charge in [-0.3, -0.25) is 0 Å². The molecule has 1 aromatic rings. The third-order valence-electron chi connectivity index (χ3n) is 4.02. The highest BCUT2D eigenvalue weighted by molar-refractivity contribution is 4.99. The van der Waals surface area contributed by atoms with Crippen molar-refractivity contribution in [1.82, 2.24) is 9.55 Å². The molecule has 3 nitrogen and oxygen atoms in total. The zero-order valence-electron chi connectivity index (χ0n) is 10.3. The first-order valence-corrected chi connectivity index (χ1v) is 6.39. The lowest BCUT2D eigenvalue weighted by Crippen LogP contribution is -2.26. The van der Waals surface area contributed by atoms with Crippen LogP contribution < -0.4 is 0 Å². The molecule has 1 aliphatic carbocycles. The fraction of sp³-hybridized carbons (Fsp3) is 0.769. The van der Waals surface area contributed by atoms with E-state index < -0.39 is 0 Å². The molecule has 3 atom stereocenters. The van der Waals surface area contributed by atoms with Crippen molar-refractivity contribution in [2.24, 2.45) is 18.9 Å². The van der Waals surface area contributed by atoms with Gasteiger partial charge in [0.05, 0.1) is 0 Å². The summed E-state index contributed by atoms with van der Waals surface area (Å²) in [6, 6.07) is 0. The molecular formula is C13H22N2O. The number of imidazole rings is 1. The molecule has 0 amide bonds. The van der Waals surface area contributed by atoms with E-state index in [-0.39, 0.29) is 6.10 Å². The lowest BCUT2D eigenvalue weighted by atomic mass is 9.75. The van der Waals surface area contributed by atoms with Crippen LogP contribution in [-0.4, -0.2) is 14.7 Å². The van der Waals surface area contributed by atoms with Gasteiger partial charge in [0.1, 0.15) is 11.9 Å². The third-order valence-corrected chi connectivity index (χ3v) is 4.02. The third kappa shape index (κ3) is 2.14. The van der Waals surface area contributed by atoms with Crippen LogP contribution >= 0.6 is 0 Å². The molecule has 0 saturated heterocycles.